The predicted octanol–water partition coefficient (Wildman–Crippen LogP) is 6.53. The van der Waals surface area contributed by atoms with Crippen LogP contribution in [-0.2, 0) is 10.8 Å². The fraction of sp³-hybridized carbons (Fsp3) is 0.458. The highest BCUT2D eigenvalue weighted by molar-refractivity contribution is 6.73. The number of carbonyl (C=O) groups excluding carboxylic acids is 1. The van der Waals surface area contributed by atoms with Crippen LogP contribution in [0.15, 0.2) is 60.7 Å². The van der Waals surface area contributed by atoms with Gasteiger partial charge in [0, 0.05) is 11.5 Å². The first-order chi connectivity index (χ1) is 13.1. The molecule has 0 aliphatic carbocycles. The molecule has 0 unspecified atom stereocenters. The third kappa shape index (κ3) is 5.63. The Hall–Kier alpha value is -1.71. The van der Waals surface area contributed by atoms with Gasteiger partial charge in [0.05, 0.1) is 6.10 Å². The number of rotatable bonds is 11. The molecule has 2 aromatic carbocycles. The van der Waals surface area contributed by atoms with Crippen molar-refractivity contribution < 1.29 is 9.22 Å². The first kappa shape index (κ1) is 21.6. The molecule has 2 rings (SSSR count). The van der Waals surface area contributed by atoms with Gasteiger partial charge in [0.2, 0.25) is 0 Å². The van der Waals surface area contributed by atoms with Crippen LogP contribution in [0.5, 0.6) is 0 Å². The van der Waals surface area contributed by atoms with E-state index in [4.69, 9.17) is 4.43 Å². The van der Waals surface area contributed by atoms with Crippen molar-refractivity contribution in [1.82, 2.24) is 0 Å². The molecule has 0 aromatic heterocycles. The third-order valence-electron chi connectivity index (χ3n) is 5.90. The zero-order valence-corrected chi connectivity index (χ0v) is 18.3. The van der Waals surface area contributed by atoms with Gasteiger partial charge in [-0.1, -0.05) is 88.4 Å². The van der Waals surface area contributed by atoms with Crippen molar-refractivity contribution >= 4 is 14.1 Å². The van der Waals surface area contributed by atoms with Crippen molar-refractivity contribution in [1.29, 1.82) is 0 Å². The van der Waals surface area contributed by atoms with Gasteiger partial charge in [-0.25, -0.2) is 0 Å². The smallest absolute Gasteiger partial charge is 0.192 e. The van der Waals surface area contributed by atoms with E-state index in [9.17, 15) is 4.79 Å². The van der Waals surface area contributed by atoms with E-state index in [1.807, 2.05) is 36.4 Å². The van der Waals surface area contributed by atoms with E-state index >= 15 is 0 Å². The van der Waals surface area contributed by atoms with Crippen molar-refractivity contribution in [3.05, 3.63) is 71.8 Å². The number of benzene rings is 2. The summed E-state index contributed by atoms with van der Waals surface area (Å²) in [7, 11) is -1.81. The van der Waals surface area contributed by atoms with Crippen LogP contribution in [-0.4, -0.2) is 20.2 Å². The van der Waals surface area contributed by atoms with Gasteiger partial charge in [0.1, 0.15) is 0 Å². The van der Waals surface area contributed by atoms with E-state index in [0.717, 1.165) is 36.5 Å². The third-order valence-corrected chi connectivity index (χ3v) is 10.6. The van der Waals surface area contributed by atoms with E-state index in [0.29, 0.717) is 0 Å². The molecule has 146 valence electrons. The number of hydrogen-bond acceptors (Lipinski definition) is 2. The van der Waals surface area contributed by atoms with Crippen molar-refractivity contribution in [2.24, 2.45) is 5.92 Å². The highest BCUT2D eigenvalue weighted by Crippen LogP contribution is 2.30. The SMILES string of the molecule is CC[C@H](C(=O)c1ccccc1)[C@H](Cc1ccccc1)O[Si](CC)(CC)CC. The number of ketones is 1. The predicted molar refractivity (Wildman–Crippen MR) is 117 cm³/mol. The summed E-state index contributed by atoms with van der Waals surface area (Å²) in [5.74, 6) is 0.106. The van der Waals surface area contributed by atoms with Crippen LogP contribution >= 0.6 is 0 Å². The fourth-order valence-electron chi connectivity index (χ4n) is 3.87. The topological polar surface area (TPSA) is 26.3 Å². The van der Waals surface area contributed by atoms with E-state index in [1.165, 1.54) is 5.56 Å². The molecular weight excluding hydrogens is 348 g/mol. The minimum Gasteiger partial charge on any atom is -0.413 e. The van der Waals surface area contributed by atoms with Crippen molar-refractivity contribution in [2.45, 2.75) is 64.8 Å². The highest BCUT2D eigenvalue weighted by Gasteiger charge is 2.37. The molecule has 0 spiro atoms. The molecule has 0 radical (unpaired) electrons. The minimum absolute atomic E-state index is 0.0587. The summed E-state index contributed by atoms with van der Waals surface area (Å²) >= 11 is 0. The fourth-order valence-corrected chi connectivity index (χ4v) is 6.76. The maximum atomic E-state index is 13.3. The summed E-state index contributed by atoms with van der Waals surface area (Å²) in [5.41, 5.74) is 2.04. The molecule has 0 N–H and O–H groups in total. The van der Waals surface area contributed by atoms with Gasteiger partial charge >= 0.3 is 0 Å². The van der Waals surface area contributed by atoms with Crippen LogP contribution < -0.4 is 0 Å². The lowest BCUT2D eigenvalue weighted by atomic mass is 9.87. The Morgan fingerprint density at radius 2 is 1.37 bits per heavy atom. The van der Waals surface area contributed by atoms with Crippen molar-refractivity contribution in [3.8, 4) is 0 Å². The summed E-state index contributed by atoms with van der Waals surface area (Å²) in [6.07, 6.45) is 1.54. The van der Waals surface area contributed by atoms with Crippen LogP contribution in [0.2, 0.25) is 18.1 Å². The summed E-state index contributed by atoms with van der Waals surface area (Å²) < 4.78 is 6.90. The Bertz CT molecular complexity index is 672. The molecule has 27 heavy (non-hydrogen) atoms. The van der Waals surface area contributed by atoms with E-state index < -0.39 is 8.32 Å². The molecule has 3 heteroatoms. The molecule has 2 nitrogen and oxygen atoms in total. The lowest BCUT2D eigenvalue weighted by Crippen LogP contribution is -2.45. The largest absolute Gasteiger partial charge is 0.413 e. The van der Waals surface area contributed by atoms with E-state index in [-0.39, 0.29) is 17.8 Å². The van der Waals surface area contributed by atoms with Gasteiger partial charge in [0.25, 0.3) is 0 Å². The van der Waals surface area contributed by atoms with Crippen molar-refractivity contribution in [3.63, 3.8) is 0 Å². The van der Waals surface area contributed by atoms with Crippen LogP contribution in [0.3, 0.4) is 0 Å². The Balaban J connectivity index is 2.35. The average molecular weight is 383 g/mol. The summed E-state index contributed by atoms with van der Waals surface area (Å²) in [5, 5.41) is 0. The number of Topliss-reactive ketones (excluding diaryl/α,β-unsaturated/α-hetero) is 1. The lowest BCUT2D eigenvalue weighted by molar-refractivity contribution is 0.0708. The Kier molecular flexibility index (Phi) is 8.46. The normalized spacial score (nSPS) is 13.9. The van der Waals surface area contributed by atoms with Gasteiger partial charge in [-0.3, -0.25) is 4.79 Å². The second kappa shape index (κ2) is 10.6. The first-order valence-corrected chi connectivity index (χ1v) is 12.9. The van der Waals surface area contributed by atoms with Gasteiger partial charge in [-0.05, 0) is 36.5 Å². The standard InChI is InChI=1S/C24H34O2Si/c1-5-22(24(25)21-17-13-10-14-18-21)23(19-20-15-11-9-12-16-20)26-27(6-2,7-3)8-4/h9-18,22-23H,5-8,19H2,1-4H3/t22-,23-/m0/s1. The molecule has 0 amide bonds. The minimum atomic E-state index is -1.81. The van der Waals surface area contributed by atoms with E-state index in [1.54, 1.807) is 0 Å². The molecule has 0 saturated carbocycles. The maximum Gasteiger partial charge on any atom is 0.192 e. The lowest BCUT2D eigenvalue weighted by Gasteiger charge is -2.36. The van der Waals surface area contributed by atoms with Crippen LogP contribution in [0, 0.1) is 5.92 Å². The summed E-state index contributed by atoms with van der Waals surface area (Å²) in [4.78, 5) is 13.3. The monoisotopic (exact) mass is 382 g/mol. The van der Waals surface area contributed by atoms with Gasteiger partial charge in [-0.15, -0.1) is 0 Å². The first-order valence-electron chi connectivity index (χ1n) is 10.4. The maximum absolute atomic E-state index is 13.3. The second-order valence-corrected chi connectivity index (χ2v) is 12.1. The quantitative estimate of drug-likeness (QED) is 0.326. The Morgan fingerprint density at radius 1 is 0.852 bits per heavy atom. The molecule has 0 bridgehead atoms. The molecule has 0 aliphatic rings. The summed E-state index contributed by atoms with van der Waals surface area (Å²) in [6.45, 7) is 8.86. The highest BCUT2D eigenvalue weighted by atomic mass is 28.4. The van der Waals surface area contributed by atoms with E-state index in [2.05, 4.69) is 52.0 Å². The Labute approximate surface area is 166 Å². The number of hydrogen-bond donors (Lipinski definition) is 0. The molecule has 2 atom stereocenters. The number of carbonyl (C=O) groups is 1. The second-order valence-electron chi connectivity index (χ2n) is 7.33. The summed E-state index contributed by atoms with van der Waals surface area (Å²) in [6, 6.07) is 23.4. The zero-order chi connectivity index (χ0) is 19.7. The zero-order valence-electron chi connectivity index (χ0n) is 17.3. The van der Waals surface area contributed by atoms with Gasteiger partial charge in [0.15, 0.2) is 14.1 Å². The van der Waals surface area contributed by atoms with Gasteiger partial charge < -0.3 is 4.43 Å². The van der Waals surface area contributed by atoms with Crippen LogP contribution in [0.4, 0.5) is 0 Å². The molecular formula is C24H34O2Si. The Morgan fingerprint density at radius 3 is 1.85 bits per heavy atom. The molecule has 0 heterocycles. The molecule has 0 fully saturated rings. The van der Waals surface area contributed by atoms with Crippen LogP contribution in [0.1, 0.15) is 50.0 Å². The average Bonchev–Trinajstić information content (AvgIpc) is 2.73. The molecule has 2 aromatic rings. The van der Waals surface area contributed by atoms with Crippen LogP contribution in [0.25, 0.3) is 0 Å². The van der Waals surface area contributed by atoms with Gasteiger partial charge in [-0.2, -0.15) is 0 Å². The molecule has 0 saturated heterocycles. The van der Waals surface area contributed by atoms with Crippen molar-refractivity contribution in [2.75, 3.05) is 0 Å². The molecule has 0 aliphatic heterocycles.